The number of phenolic OH excluding ortho intramolecular Hbond substituents is 1. The van der Waals surface area contributed by atoms with Gasteiger partial charge in [0.05, 0.1) is 13.0 Å². The van der Waals surface area contributed by atoms with Crippen molar-refractivity contribution in [3.8, 4) is 28.7 Å². The Labute approximate surface area is 214 Å². The van der Waals surface area contributed by atoms with Crippen LogP contribution < -0.4 is 18.9 Å². The van der Waals surface area contributed by atoms with Gasteiger partial charge in [-0.1, -0.05) is 25.1 Å². The van der Waals surface area contributed by atoms with Gasteiger partial charge >= 0.3 is 12.4 Å². The minimum Gasteiger partial charge on any atom is -0.508 e. The molecule has 0 bridgehead atoms. The number of carboxylic acid groups (broad SMARTS) is 1. The molecule has 3 aromatic carbocycles. The van der Waals surface area contributed by atoms with Crippen LogP contribution in [0, 0.1) is 5.92 Å². The molecule has 9 heteroatoms. The van der Waals surface area contributed by atoms with E-state index in [0.717, 1.165) is 11.1 Å². The molecule has 194 valence electrons. The number of hydrogen-bond donors (Lipinski definition) is 2. The fraction of sp³-hybridized carbons (Fsp3) is 0.321. The third-order valence-corrected chi connectivity index (χ3v) is 7.22. The summed E-state index contributed by atoms with van der Waals surface area (Å²) in [6, 6.07) is 15.6. The van der Waals surface area contributed by atoms with Crippen LogP contribution in [0.4, 0.5) is 0 Å². The number of phenols is 1. The van der Waals surface area contributed by atoms with Gasteiger partial charge in [0.15, 0.2) is 18.3 Å². The maximum absolute atomic E-state index is 13.1. The summed E-state index contributed by atoms with van der Waals surface area (Å²) in [6.07, 6.45) is 0. The fourth-order valence-electron chi connectivity index (χ4n) is 5.53. The van der Waals surface area contributed by atoms with Crippen molar-refractivity contribution in [1.29, 1.82) is 0 Å². The molecule has 37 heavy (non-hydrogen) atoms. The Balaban J connectivity index is 1.71. The zero-order valence-electron chi connectivity index (χ0n) is 20.9. The average Bonchev–Trinajstić information content (AvgIpc) is 3.43. The van der Waals surface area contributed by atoms with E-state index in [2.05, 4.69) is 0 Å². The van der Waals surface area contributed by atoms with E-state index in [0.29, 0.717) is 34.1 Å². The number of hydrogen-bond acceptors (Lipinski definition) is 8. The van der Waals surface area contributed by atoms with Crippen LogP contribution in [-0.2, 0) is 19.7 Å². The number of carboxylic acids is 1. The number of carbonyl (C=O) groups is 1. The number of benzene rings is 3. The number of fused-ring (bicyclic) bond motifs is 2. The van der Waals surface area contributed by atoms with Crippen molar-refractivity contribution in [3.63, 3.8) is 0 Å². The molecule has 1 aliphatic heterocycles. The lowest BCUT2D eigenvalue weighted by Gasteiger charge is -2.33. The second-order valence-corrected chi connectivity index (χ2v) is 9.14. The molecule has 5 rings (SSSR count). The quantitative estimate of drug-likeness (QED) is 0.432. The Bertz CT molecular complexity index is 1340. The van der Waals surface area contributed by atoms with E-state index in [9.17, 15) is 15.0 Å². The predicted molar refractivity (Wildman–Crippen MR) is 132 cm³/mol. The summed E-state index contributed by atoms with van der Waals surface area (Å²) in [5, 5.41) is 21.1. The summed E-state index contributed by atoms with van der Waals surface area (Å²) < 4.78 is 32.8. The maximum Gasteiger partial charge on any atom is 0.360 e. The van der Waals surface area contributed by atoms with Gasteiger partial charge in [-0.3, -0.25) is 4.79 Å². The van der Waals surface area contributed by atoms with E-state index in [1.807, 2.05) is 13.0 Å². The monoisotopic (exact) mass is 508 g/mol. The smallest absolute Gasteiger partial charge is 0.360 e. The molecule has 2 N–H and O–H groups in total. The summed E-state index contributed by atoms with van der Waals surface area (Å²) in [4.78, 5) is 13.1. The summed E-state index contributed by atoms with van der Waals surface area (Å²) in [7, 11) is 4.53. The van der Waals surface area contributed by atoms with Gasteiger partial charge in [-0.05, 0) is 47.0 Å². The summed E-state index contributed by atoms with van der Waals surface area (Å²) in [5.74, 6) is -0.598. The lowest BCUT2D eigenvalue weighted by molar-refractivity contribution is -0.157. The van der Waals surface area contributed by atoms with Crippen molar-refractivity contribution in [2.45, 2.75) is 24.7 Å². The normalized spacial score (nSPS) is 23.5. The lowest BCUT2D eigenvalue weighted by atomic mass is 9.68. The molecule has 1 aliphatic carbocycles. The largest absolute Gasteiger partial charge is 0.508 e. The lowest BCUT2D eigenvalue weighted by Crippen LogP contribution is -2.37. The fourth-order valence-corrected chi connectivity index (χ4v) is 5.53. The van der Waals surface area contributed by atoms with Crippen molar-refractivity contribution in [2.24, 2.45) is 5.92 Å². The van der Waals surface area contributed by atoms with Gasteiger partial charge in [0, 0.05) is 37.2 Å². The van der Waals surface area contributed by atoms with E-state index in [4.69, 9.17) is 28.4 Å². The molecule has 0 amide bonds. The van der Waals surface area contributed by atoms with E-state index in [1.54, 1.807) is 55.6 Å². The summed E-state index contributed by atoms with van der Waals surface area (Å²) in [5.41, 5.74) is 1.83. The zero-order chi connectivity index (χ0) is 26.3. The maximum atomic E-state index is 13.1. The number of aliphatic carboxylic acids is 1. The van der Waals surface area contributed by atoms with Gasteiger partial charge < -0.3 is 38.6 Å². The van der Waals surface area contributed by atoms with Crippen molar-refractivity contribution in [1.82, 2.24) is 0 Å². The second kappa shape index (κ2) is 9.49. The molecule has 0 aromatic heterocycles. The van der Waals surface area contributed by atoms with Gasteiger partial charge in [-0.2, -0.15) is 0 Å². The molecule has 4 unspecified atom stereocenters. The predicted octanol–water partition coefficient (Wildman–Crippen LogP) is 4.24. The first kappa shape index (κ1) is 24.7. The van der Waals surface area contributed by atoms with E-state index < -0.39 is 29.7 Å². The van der Waals surface area contributed by atoms with Gasteiger partial charge in [-0.25, -0.2) is 0 Å². The summed E-state index contributed by atoms with van der Waals surface area (Å²) in [6.45, 7) is 0.998. The Morgan fingerprint density at radius 2 is 1.76 bits per heavy atom. The standard InChI is InChI=1S/C28H28O9/c1-28(15-5-10-21-23(11-15)37-27(34-4)36-21)20-9-6-16(29)12-19(20)24(25(28)26(30)31)18-8-7-17(33-3)13-22(18)35-14-32-2/h5-13,24-25,27,29H,14H2,1-4H3,(H,30,31). The minimum absolute atomic E-state index is 0.0301. The molecule has 9 nitrogen and oxygen atoms in total. The first-order valence-corrected chi connectivity index (χ1v) is 11.7. The molecule has 4 atom stereocenters. The highest BCUT2D eigenvalue weighted by atomic mass is 16.9. The molecule has 1 heterocycles. The first-order valence-electron chi connectivity index (χ1n) is 11.7. The molecule has 0 saturated carbocycles. The number of methoxy groups -OCH3 is 3. The van der Waals surface area contributed by atoms with Gasteiger partial charge in [0.2, 0.25) is 0 Å². The second-order valence-electron chi connectivity index (χ2n) is 9.14. The molecule has 0 saturated heterocycles. The van der Waals surface area contributed by atoms with Crippen LogP contribution in [0.15, 0.2) is 54.6 Å². The number of rotatable bonds is 8. The topological polar surface area (TPSA) is 113 Å². The first-order chi connectivity index (χ1) is 17.8. The SMILES string of the molecule is COCOc1cc(OC)ccc1C1c2cc(O)ccc2C(C)(c2ccc3c(c2)OC(OC)O3)C1C(=O)O. The molecular weight excluding hydrogens is 480 g/mol. The molecule has 0 fully saturated rings. The van der Waals surface area contributed by atoms with Crippen LogP contribution in [-0.4, -0.2) is 50.8 Å². The molecular formula is C28H28O9. The van der Waals surface area contributed by atoms with Crippen molar-refractivity contribution in [2.75, 3.05) is 28.1 Å². The highest BCUT2D eigenvalue weighted by Crippen LogP contribution is 2.59. The third-order valence-electron chi connectivity index (χ3n) is 7.22. The van der Waals surface area contributed by atoms with E-state index >= 15 is 0 Å². The van der Waals surface area contributed by atoms with Gasteiger partial charge in [-0.15, -0.1) is 0 Å². The Morgan fingerprint density at radius 1 is 0.973 bits per heavy atom. The van der Waals surface area contributed by atoms with Crippen LogP contribution in [0.25, 0.3) is 0 Å². The van der Waals surface area contributed by atoms with Crippen LogP contribution >= 0.6 is 0 Å². The van der Waals surface area contributed by atoms with Gasteiger partial charge in [0.1, 0.15) is 17.2 Å². The van der Waals surface area contributed by atoms with Crippen LogP contribution in [0.3, 0.4) is 0 Å². The van der Waals surface area contributed by atoms with E-state index in [-0.39, 0.29) is 12.5 Å². The van der Waals surface area contributed by atoms with Crippen molar-refractivity contribution in [3.05, 3.63) is 76.9 Å². The average molecular weight is 509 g/mol. The minimum atomic E-state index is -0.998. The molecule has 0 radical (unpaired) electrons. The Kier molecular flexibility index (Phi) is 6.35. The number of ether oxygens (including phenoxy) is 6. The highest BCUT2D eigenvalue weighted by Gasteiger charge is 2.55. The van der Waals surface area contributed by atoms with Gasteiger partial charge in [0.25, 0.3) is 0 Å². The van der Waals surface area contributed by atoms with E-state index in [1.165, 1.54) is 14.2 Å². The molecule has 2 aliphatic rings. The molecule has 3 aromatic rings. The highest BCUT2D eigenvalue weighted by molar-refractivity contribution is 5.80. The van der Waals surface area contributed by atoms with Crippen molar-refractivity contribution < 1.29 is 43.4 Å². The zero-order valence-corrected chi connectivity index (χ0v) is 20.9. The summed E-state index contributed by atoms with van der Waals surface area (Å²) >= 11 is 0. The molecule has 0 spiro atoms. The Morgan fingerprint density at radius 3 is 2.46 bits per heavy atom. The van der Waals surface area contributed by atoms with Crippen LogP contribution in [0.5, 0.6) is 28.7 Å². The third kappa shape index (κ3) is 4.00. The van der Waals surface area contributed by atoms with Crippen LogP contribution in [0.1, 0.15) is 35.1 Å². The Hall–Kier alpha value is -3.95. The number of aromatic hydroxyl groups is 1. The van der Waals surface area contributed by atoms with Crippen LogP contribution in [0.2, 0.25) is 0 Å². The van der Waals surface area contributed by atoms with Crippen molar-refractivity contribution >= 4 is 5.97 Å².